The molecule has 1 saturated heterocycles. The van der Waals surface area contributed by atoms with Gasteiger partial charge in [0.15, 0.2) is 0 Å². The fourth-order valence-electron chi connectivity index (χ4n) is 1.75. The van der Waals surface area contributed by atoms with Crippen molar-refractivity contribution in [2.75, 3.05) is 13.2 Å². The minimum absolute atomic E-state index is 0.00312. The normalized spacial score (nSPS) is 17.9. The van der Waals surface area contributed by atoms with E-state index in [2.05, 4.69) is 20.9 Å². The topological polar surface area (TPSA) is 44.1 Å². The molecular weight excluding hydrogens is 260 g/mol. The van der Waals surface area contributed by atoms with Gasteiger partial charge in [0.05, 0.1) is 6.33 Å². The average Bonchev–Trinajstić information content (AvgIpc) is 2.24. The van der Waals surface area contributed by atoms with E-state index in [1.54, 1.807) is 10.9 Å². The number of rotatable bonds is 2. The van der Waals surface area contributed by atoms with Gasteiger partial charge in [-0.15, -0.1) is 0 Å². The average molecular weight is 273 g/mol. The van der Waals surface area contributed by atoms with Crippen LogP contribution in [0.2, 0.25) is 0 Å². The molecule has 0 aliphatic carbocycles. The van der Waals surface area contributed by atoms with Crippen molar-refractivity contribution in [2.45, 2.75) is 19.4 Å². The highest BCUT2D eigenvalue weighted by molar-refractivity contribution is 9.10. The number of ether oxygens (including phenoxy) is 1. The Morgan fingerprint density at radius 3 is 2.93 bits per heavy atom. The molecule has 5 heteroatoms. The minimum atomic E-state index is 0.00312. The number of hydrogen-bond donors (Lipinski definition) is 0. The van der Waals surface area contributed by atoms with Crippen LogP contribution >= 0.6 is 15.9 Å². The smallest absolute Gasteiger partial charge is 0.254 e. The summed E-state index contributed by atoms with van der Waals surface area (Å²) in [5.41, 5.74) is 0.00312. The molecular formula is C10H13BrN2O2. The molecule has 1 aliphatic rings. The Labute approximate surface area is 96.4 Å². The molecule has 0 saturated carbocycles. The van der Waals surface area contributed by atoms with Gasteiger partial charge in [0.25, 0.3) is 5.56 Å². The zero-order valence-corrected chi connectivity index (χ0v) is 9.94. The van der Waals surface area contributed by atoms with Crippen molar-refractivity contribution in [2.24, 2.45) is 5.92 Å². The summed E-state index contributed by atoms with van der Waals surface area (Å²) in [7, 11) is 0. The lowest BCUT2D eigenvalue weighted by atomic mass is 10.0. The van der Waals surface area contributed by atoms with E-state index in [0.29, 0.717) is 10.5 Å². The first-order valence-corrected chi connectivity index (χ1v) is 5.85. The summed E-state index contributed by atoms with van der Waals surface area (Å²) in [6.07, 6.45) is 3.66. The molecule has 0 radical (unpaired) electrons. The molecule has 0 bridgehead atoms. The maximum atomic E-state index is 11.6. The van der Waals surface area contributed by atoms with Crippen LogP contribution in [0.4, 0.5) is 0 Å². The van der Waals surface area contributed by atoms with Crippen molar-refractivity contribution in [3.8, 4) is 0 Å². The molecule has 1 aromatic rings. The fraction of sp³-hybridized carbons (Fsp3) is 0.600. The number of halogens is 1. The monoisotopic (exact) mass is 272 g/mol. The van der Waals surface area contributed by atoms with E-state index in [-0.39, 0.29) is 5.56 Å². The summed E-state index contributed by atoms with van der Waals surface area (Å²) < 4.78 is 7.54. The van der Waals surface area contributed by atoms with Gasteiger partial charge in [-0.2, -0.15) is 0 Å². The summed E-state index contributed by atoms with van der Waals surface area (Å²) in [5.74, 6) is 0.541. The quantitative estimate of drug-likeness (QED) is 0.766. The fourth-order valence-corrected chi connectivity index (χ4v) is 2.04. The van der Waals surface area contributed by atoms with Gasteiger partial charge in [-0.05, 0) is 34.7 Å². The third kappa shape index (κ3) is 2.89. The highest BCUT2D eigenvalue weighted by atomic mass is 79.9. The van der Waals surface area contributed by atoms with Crippen LogP contribution in [0.15, 0.2) is 21.8 Å². The van der Waals surface area contributed by atoms with Gasteiger partial charge in [-0.3, -0.25) is 9.36 Å². The van der Waals surface area contributed by atoms with Crippen molar-refractivity contribution in [1.82, 2.24) is 9.55 Å². The van der Waals surface area contributed by atoms with Crippen LogP contribution in [0.3, 0.4) is 0 Å². The Bertz CT molecular complexity index is 385. The van der Waals surface area contributed by atoms with Gasteiger partial charge in [-0.1, -0.05) is 0 Å². The predicted octanol–water partition coefficient (Wildman–Crippen LogP) is 1.43. The molecule has 1 fully saturated rings. The van der Waals surface area contributed by atoms with E-state index < -0.39 is 0 Å². The summed E-state index contributed by atoms with van der Waals surface area (Å²) in [6.45, 7) is 2.37. The van der Waals surface area contributed by atoms with Crippen LogP contribution in [0.1, 0.15) is 12.8 Å². The lowest BCUT2D eigenvalue weighted by molar-refractivity contribution is 0.0608. The van der Waals surface area contributed by atoms with Crippen molar-refractivity contribution >= 4 is 15.9 Å². The van der Waals surface area contributed by atoms with Crippen LogP contribution in [-0.4, -0.2) is 22.8 Å². The van der Waals surface area contributed by atoms with E-state index in [0.717, 1.165) is 32.6 Å². The summed E-state index contributed by atoms with van der Waals surface area (Å²) in [5, 5.41) is 0. The molecule has 2 heterocycles. The third-order valence-electron chi connectivity index (χ3n) is 2.64. The molecule has 0 spiro atoms. The SMILES string of the molecule is O=c1cc(Br)ncn1CC1CCOCC1. The van der Waals surface area contributed by atoms with Crippen molar-refractivity contribution in [3.63, 3.8) is 0 Å². The predicted molar refractivity (Wildman–Crippen MR) is 59.7 cm³/mol. The largest absolute Gasteiger partial charge is 0.381 e. The van der Waals surface area contributed by atoms with Gasteiger partial charge in [-0.25, -0.2) is 4.98 Å². The molecule has 0 aromatic carbocycles. The lowest BCUT2D eigenvalue weighted by Gasteiger charge is -2.22. The van der Waals surface area contributed by atoms with Gasteiger partial charge in [0.2, 0.25) is 0 Å². The van der Waals surface area contributed by atoms with Gasteiger partial charge < -0.3 is 4.74 Å². The molecule has 1 aromatic heterocycles. The second-order valence-corrected chi connectivity index (χ2v) is 4.57. The molecule has 2 rings (SSSR count). The molecule has 0 N–H and O–H groups in total. The molecule has 1 aliphatic heterocycles. The Hall–Kier alpha value is -0.680. The number of nitrogens with zero attached hydrogens (tertiary/aromatic N) is 2. The maximum absolute atomic E-state index is 11.6. The first kappa shape index (κ1) is 10.8. The highest BCUT2D eigenvalue weighted by Crippen LogP contribution is 2.15. The standard InChI is InChI=1S/C10H13BrN2O2/c11-9-5-10(14)13(7-12-9)6-8-1-3-15-4-2-8/h5,7-8H,1-4,6H2. The second-order valence-electron chi connectivity index (χ2n) is 3.76. The van der Waals surface area contributed by atoms with Gasteiger partial charge >= 0.3 is 0 Å². The van der Waals surface area contributed by atoms with Crippen LogP contribution in [0.5, 0.6) is 0 Å². The van der Waals surface area contributed by atoms with Crippen molar-refractivity contribution < 1.29 is 4.74 Å². The Morgan fingerprint density at radius 2 is 2.27 bits per heavy atom. The van der Waals surface area contributed by atoms with E-state index in [4.69, 9.17) is 4.74 Å². The molecule has 82 valence electrons. The zero-order chi connectivity index (χ0) is 10.7. The Balaban J connectivity index is 2.06. The minimum Gasteiger partial charge on any atom is -0.381 e. The van der Waals surface area contributed by atoms with Gasteiger partial charge in [0.1, 0.15) is 4.60 Å². The molecule has 0 atom stereocenters. The number of hydrogen-bond acceptors (Lipinski definition) is 3. The van der Waals surface area contributed by atoms with Gasteiger partial charge in [0, 0.05) is 25.8 Å². The third-order valence-corrected chi connectivity index (χ3v) is 3.08. The van der Waals surface area contributed by atoms with Crippen LogP contribution in [0, 0.1) is 5.92 Å². The Morgan fingerprint density at radius 1 is 1.53 bits per heavy atom. The first-order chi connectivity index (χ1) is 7.25. The lowest BCUT2D eigenvalue weighted by Crippen LogP contribution is -2.27. The van der Waals surface area contributed by atoms with E-state index in [9.17, 15) is 4.79 Å². The van der Waals surface area contributed by atoms with E-state index >= 15 is 0 Å². The summed E-state index contributed by atoms with van der Waals surface area (Å²) >= 11 is 3.18. The molecule has 0 unspecified atom stereocenters. The molecule has 0 amide bonds. The molecule has 4 nitrogen and oxygen atoms in total. The first-order valence-electron chi connectivity index (χ1n) is 5.05. The van der Waals surface area contributed by atoms with E-state index in [1.807, 2.05) is 0 Å². The van der Waals surface area contributed by atoms with Crippen LogP contribution < -0.4 is 5.56 Å². The second kappa shape index (κ2) is 4.90. The van der Waals surface area contributed by atoms with Crippen LogP contribution in [0.25, 0.3) is 0 Å². The van der Waals surface area contributed by atoms with E-state index in [1.165, 1.54) is 6.07 Å². The molecule has 15 heavy (non-hydrogen) atoms. The summed E-state index contributed by atoms with van der Waals surface area (Å²) in [6, 6.07) is 1.50. The Kier molecular flexibility index (Phi) is 3.53. The highest BCUT2D eigenvalue weighted by Gasteiger charge is 2.14. The maximum Gasteiger partial charge on any atom is 0.254 e. The summed E-state index contributed by atoms with van der Waals surface area (Å²) in [4.78, 5) is 15.6. The number of aromatic nitrogens is 2. The zero-order valence-electron chi connectivity index (χ0n) is 8.36. The van der Waals surface area contributed by atoms with Crippen molar-refractivity contribution in [1.29, 1.82) is 0 Å². The van der Waals surface area contributed by atoms with Crippen molar-refractivity contribution in [3.05, 3.63) is 27.4 Å². The van der Waals surface area contributed by atoms with Crippen LogP contribution in [-0.2, 0) is 11.3 Å².